The van der Waals surface area contributed by atoms with Crippen molar-refractivity contribution in [2.75, 3.05) is 5.32 Å². The summed E-state index contributed by atoms with van der Waals surface area (Å²) >= 11 is 3.53. The van der Waals surface area contributed by atoms with E-state index in [1.807, 2.05) is 63.2 Å². The normalized spacial score (nSPS) is 12.3. The number of benzene rings is 2. The van der Waals surface area contributed by atoms with Crippen LogP contribution in [-0.4, -0.2) is 15.0 Å². The van der Waals surface area contributed by atoms with Crippen LogP contribution in [0.25, 0.3) is 11.0 Å². The largest absolute Gasteiger partial charge is 0.329 e. The van der Waals surface area contributed by atoms with Crippen molar-refractivity contribution >= 4 is 38.6 Å². The average Bonchev–Trinajstić information content (AvgIpc) is 2.91. The summed E-state index contributed by atoms with van der Waals surface area (Å²) in [7, 11) is 0. The lowest BCUT2D eigenvalue weighted by Gasteiger charge is -2.14. The molecule has 6 heteroatoms. The van der Waals surface area contributed by atoms with Gasteiger partial charge in [0, 0.05) is 17.6 Å². The number of fused-ring (bicyclic) bond motifs is 1. The molecule has 0 saturated carbocycles. The number of nitrogens with one attached hydrogen (secondary N) is 1. The van der Waals surface area contributed by atoms with Crippen LogP contribution >= 0.6 is 15.9 Å². The third-order valence-corrected chi connectivity index (χ3v) is 5.35. The van der Waals surface area contributed by atoms with Crippen molar-refractivity contribution in [1.82, 2.24) is 9.13 Å². The zero-order valence-corrected chi connectivity index (χ0v) is 16.7. The summed E-state index contributed by atoms with van der Waals surface area (Å²) in [6, 6.07) is 13.4. The number of hydrogen-bond donors (Lipinski definition) is 1. The maximum atomic E-state index is 12.7. The van der Waals surface area contributed by atoms with Gasteiger partial charge >= 0.3 is 5.69 Å². The molecule has 0 aliphatic heterocycles. The lowest BCUT2D eigenvalue weighted by molar-refractivity contribution is -0.117. The van der Waals surface area contributed by atoms with Gasteiger partial charge in [0.1, 0.15) is 0 Å². The minimum Gasteiger partial charge on any atom is -0.324 e. The first-order valence-corrected chi connectivity index (χ1v) is 9.55. The number of carbonyl (C=O) groups excluding carboxylic acids is 1. The molecule has 5 nitrogen and oxygen atoms in total. The number of aryl methyl sites for hydroxylation is 2. The van der Waals surface area contributed by atoms with E-state index in [0.717, 1.165) is 21.1 Å². The number of rotatable bonds is 5. The maximum absolute atomic E-state index is 12.7. The Hall–Kier alpha value is -2.34. The van der Waals surface area contributed by atoms with Gasteiger partial charge in [-0.05, 0) is 54.4 Å². The quantitative estimate of drug-likeness (QED) is 0.673. The molecule has 26 heavy (non-hydrogen) atoms. The van der Waals surface area contributed by atoms with Gasteiger partial charge in [-0.3, -0.25) is 13.9 Å². The van der Waals surface area contributed by atoms with Crippen molar-refractivity contribution in [3.63, 3.8) is 0 Å². The van der Waals surface area contributed by atoms with Crippen molar-refractivity contribution in [1.29, 1.82) is 0 Å². The molecule has 1 aromatic heterocycles. The molecule has 0 saturated heterocycles. The molecule has 1 atom stereocenters. The van der Waals surface area contributed by atoms with Crippen LogP contribution in [0.4, 0.5) is 5.69 Å². The highest BCUT2D eigenvalue weighted by molar-refractivity contribution is 9.10. The molecule has 1 amide bonds. The Morgan fingerprint density at radius 3 is 2.23 bits per heavy atom. The molecule has 1 heterocycles. The van der Waals surface area contributed by atoms with Crippen LogP contribution in [0.5, 0.6) is 0 Å². The van der Waals surface area contributed by atoms with E-state index in [9.17, 15) is 9.59 Å². The van der Waals surface area contributed by atoms with Crippen LogP contribution < -0.4 is 11.0 Å². The fourth-order valence-corrected chi connectivity index (χ4v) is 3.61. The van der Waals surface area contributed by atoms with Crippen molar-refractivity contribution in [2.45, 2.75) is 39.8 Å². The fraction of sp³-hybridized carbons (Fsp3) is 0.300. The van der Waals surface area contributed by atoms with E-state index in [4.69, 9.17) is 0 Å². The highest BCUT2D eigenvalue weighted by Crippen LogP contribution is 2.29. The van der Waals surface area contributed by atoms with Crippen molar-refractivity contribution < 1.29 is 4.79 Å². The van der Waals surface area contributed by atoms with Crippen LogP contribution in [0, 0.1) is 0 Å². The zero-order chi connectivity index (χ0) is 18.8. The van der Waals surface area contributed by atoms with Gasteiger partial charge in [0.2, 0.25) is 5.91 Å². The van der Waals surface area contributed by atoms with E-state index in [0.29, 0.717) is 18.8 Å². The van der Waals surface area contributed by atoms with E-state index in [1.165, 1.54) is 0 Å². The summed E-state index contributed by atoms with van der Waals surface area (Å²) in [5.41, 5.74) is 3.29. The summed E-state index contributed by atoms with van der Waals surface area (Å²) in [6.07, 6.45) is 0. The number of carbonyl (C=O) groups is 1. The highest BCUT2D eigenvalue weighted by Gasteiger charge is 2.18. The van der Waals surface area contributed by atoms with Crippen LogP contribution in [0.15, 0.2) is 51.7 Å². The third kappa shape index (κ3) is 3.21. The van der Waals surface area contributed by atoms with Gasteiger partial charge in [-0.25, -0.2) is 4.79 Å². The second kappa shape index (κ2) is 7.50. The fourth-order valence-electron chi connectivity index (χ4n) is 3.18. The average molecular weight is 416 g/mol. The van der Waals surface area contributed by atoms with E-state index >= 15 is 0 Å². The molecule has 1 N–H and O–H groups in total. The first-order valence-electron chi connectivity index (χ1n) is 8.76. The smallest absolute Gasteiger partial charge is 0.324 e. The molecule has 3 aromatic rings. The molecule has 136 valence electrons. The Kier molecular flexibility index (Phi) is 5.32. The Morgan fingerprint density at radius 1 is 1.08 bits per heavy atom. The van der Waals surface area contributed by atoms with Crippen molar-refractivity contribution in [2.24, 2.45) is 0 Å². The van der Waals surface area contributed by atoms with Gasteiger partial charge in [-0.15, -0.1) is 0 Å². The topological polar surface area (TPSA) is 56.0 Å². The van der Waals surface area contributed by atoms with Crippen molar-refractivity contribution in [3.05, 3.63) is 63.0 Å². The predicted molar refractivity (Wildman–Crippen MR) is 109 cm³/mol. The number of hydrogen-bond acceptors (Lipinski definition) is 2. The van der Waals surface area contributed by atoms with Gasteiger partial charge in [-0.2, -0.15) is 0 Å². The number of imidazole rings is 1. The first-order chi connectivity index (χ1) is 12.5. The second-order valence-electron chi connectivity index (χ2n) is 6.21. The van der Waals surface area contributed by atoms with E-state index in [2.05, 4.69) is 21.2 Å². The molecule has 0 aliphatic rings. The van der Waals surface area contributed by atoms with Crippen LogP contribution in [-0.2, 0) is 17.9 Å². The van der Waals surface area contributed by atoms with E-state index < -0.39 is 0 Å². The SMILES string of the molecule is CCn1c(=O)n(CC)c2cc(NC(=O)[C@@H](C)c3ccccc3)c(Br)cc21. The summed E-state index contributed by atoms with van der Waals surface area (Å²) in [6.45, 7) is 6.96. The first kappa shape index (κ1) is 18.5. The molecule has 0 aliphatic carbocycles. The molecule has 0 unspecified atom stereocenters. The number of anilines is 1. The van der Waals surface area contributed by atoms with Gasteiger partial charge in [0.15, 0.2) is 0 Å². The number of aromatic nitrogens is 2. The van der Waals surface area contributed by atoms with Gasteiger partial charge in [0.05, 0.1) is 22.6 Å². The summed E-state index contributed by atoms with van der Waals surface area (Å²) in [5, 5.41) is 2.99. The molecule has 2 aromatic carbocycles. The Bertz CT molecular complexity index is 1010. The third-order valence-electron chi connectivity index (χ3n) is 4.69. The summed E-state index contributed by atoms with van der Waals surface area (Å²) in [5.74, 6) is -0.357. The van der Waals surface area contributed by atoms with Gasteiger partial charge in [0.25, 0.3) is 0 Å². The number of nitrogens with zero attached hydrogens (tertiary/aromatic N) is 2. The lowest BCUT2D eigenvalue weighted by atomic mass is 10.0. The Morgan fingerprint density at radius 2 is 1.65 bits per heavy atom. The minimum atomic E-state index is -0.271. The number of amides is 1. The molecule has 0 bridgehead atoms. The summed E-state index contributed by atoms with van der Waals surface area (Å²) in [4.78, 5) is 25.2. The van der Waals surface area contributed by atoms with Gasteiger partial charge < -0.3 is 5.32 Å². The van der Waals surface area contributed by atoms with E-state index in [-0.39, 0.29) is 17.5 Å². The standard InChI is InChI=1S/C20H22BrN3O2/c1-4-23-17-11-15(21)16(12-18(17)24(5-2)20(23)26)22-19(25)13(3)14-9-7-6-8-10-14/h6-13H,4-5H2,1-3H3,(H,22,25)/t13-/m0/s1. The second-order valence-corrected chi connectivity index (χ2v) is 7.07. The maximum Gasteiger partial charge on any atom is 0.329 e. The molecular weight excluding hydrogens is 394 g/mol. The van der Waals surface area contributed by atoms with Crippen LogP contribution in [0.1, 0.15) is 32.3 Å². The van der Waals surface area contributed by atoms with Crippen LogP contribution in [0.3, 0.4) is 0 Å². The lowest BCUT2D eigenvalue weighted by Crippen LogP contribution is -2.23. The highest BCUT2D eigenvalue weighted by atomic mass is 79.9. The monoisotopic (exact) mass is 415 g/mol. The molecule has 0 radical (unpaired) electrons. The summed E-state index contributed by atoms with van der Waals surface area (Å²) < 4.78 is 4.22. The van der Waals surface area contributed by atoms with E-state index in [1.54, 1.807) is 9.13 Å². The number of halogens is 1. The minimum absolute atomic E-state index is 0.0296. The molecule has 0 spiro atoms. The zero-order valence-electron chi connectivity index (χ0n) is 15.1. The Balaban J connectivity index is 1.99. The predicted octanol–water partition coefficient (Wildman–Crippen LogP) is 4.35. The van der Waals surface area contributed by atoms with Gasteiger partial charge in [-0.1, -0.05) is 30.3 Å². The molecule has 0 fully saturated rings. The van der Waals surface area contributed by atoms with Crippen LogP contribution in [0.2, 0.25) is 0 Å². The molecule has 3 rings (SSSR count). The van der Waals surface area contributed by atoms with Crippen molar-refractivity contribution in [3.8, 4) is 0 Å². The Labute approximate surface area is 160 Å². The molecular formula is C20H22BrN3O2.